The minimum absolute atomic E-state index is 0. The van der Waals surface area contributed by atoms with Crippen LogP contribution in [0, 0.1) is 29.7 Å². The van der Waals surface area contributed by atoms with Gasteiger partial charge in [0, 0.05) is 55.8 Å². The van der Waals surface area contributed by atoms with Gasteiger partial charge in [0.2, 0.25) is 0 Å². The van der Waals surface area contributed by atoms with E-state index in [9.17, 15) is 9.90 Å². The summed E-state index contributed by atoms with van der Waals surface area (Å²) in [6.07, 6.45) is 13.6. The van der Waals surface area contributed by atoms with Gasteiger partial charge < -0.3 is 14.8 Å². The average Bonchev–Trinajstić information content (AvgIpc) is 2.94. The number of aliphatic hydroxyl groups excluding tert-OH is 1. The monoisotopic (exact) mass is 717 g/mol. The molecule has 215 valence electrons. The molecule has 3 aliphatic rings. The maximum atomic E-state index is 11.7. The Morgan fingerprint density at radius 2 is 1.75 bits per heavy atom. The van der Waals surface area contributed by atoms with E-state index in [1.807, 2.05) is 40.0 Å². The Balaban J connectivity index is 0.000000243. The minimum atomic E-state index is -0.0690. The van der Waals surface area contributed by atoms with Crippen molar-refractivity contribution in [2.45, 2.75) is 73.3 Å². The number of hydrogen-bond acceptors (Lipinski definition) is 4. The van der Waals surface area contributed by atoms with Gasteiger partial charge in [0.1, 0.15) is 6.10 Å². The standard InChI is InChI=1S/C22H18NO.C13H24O2.Ir/c1-13(2)15-9-10-16-12-23-21-17-7-3-5-14-6-4-8-19(20(14)17)24-22(21)18(16)11-15;1-5-10(6-2)12(14)9-13(15)11(7-3)8-4;/h3-6,8-13,18,22H,1-2H3;9-11,14H,5-8H2,1-4H3;/q-1;;/b;12-9-;. The zero-order chi connectivity index (χ0) is 28.1. The molecule has 0 amide bonds. The Morgan fingerprint density at radius 1 is 1.05 bits per heavy atom. The molecule has 40 heavy (non-hydrogen) atoms. The van der Waals surface area contributed by atoms with Gasteiger partial charge in [-0.2, -0.15) is 0 Å². The summed E-state index contributed by atoms with van der Waals surface area (Å²) >= 11 is 0. The Morgan fingerprint density at radius 3 is 2.40 bits per heavy atom. The largest absolute Gasteiger partial charge is 0.512 e. The van der Waals surface area contributed by atoms with Crippen LogP contribution in [0.15, 0.2) is 82.7 Å². The third-order valence-electron chi connectivity index (χ3n) is 8.23. The predicted molar refractivity (Wildman–Crippen MR) is 161 cm³/mol. The first-order valence-corrected chi connectivity index (χ1v) is 14.5. The molecule has 5 heteroatoms. The summed E-state index contributed by atoms with van der Waals surface area (Å²) in [6.45, 7) is 12.5. The van der Waals surface area contributed by atoms with Gasteiger partial charge in [-0.15, -0.1) is 23.8 Å². The predicted octanol–water partition coefficient (Wildman–Crippen LogP) is 8.72. The van der Waals surface area contributed by atoms with Gasteiger partial charge >= 0.3 is 0 Å². The van der Waals surface area contributed by atoms with Crippen molar-refractivity contribution in [2.24, 2.45) is 28.7 Å². The smallest absolute Gasteiger partial charge is 0.162 e. The summed E-state index contributed by atoms with van der Waals surface area (Å²) in [7, 11) is 0. The number of carbonyl (C=O) groups excluding carboxylic acids is 1. The normalized spacial score (nSPS) is 19.0. The van der Waals surface area contributed by atoms with Crippen LogP contribution >= 0.6 is 0 Å². The van der Waals surface area contributed by atoms with Crippen LogP contribution < -0.4 is 4.74 Å². The van der Waals surface area contributed by atoms with Gasteiger partial charge in [0.15, 0.2) is 5.78 Å². The first-order valence-electron chi connectivity index (χ1n) is 14.5. The van der Waals surface area contributed by atoms with E-state index in [0.29, 0.717) is 5.92 Å². The maximum Gasteiger partial charge on any atom is 0.162 e. The summed E-state index contributed by atoms with van der Waals surface area (Å²) < 4.78 is 6.44. The number of ether oxygens (including phenoxy) is 1. The van der Waals surface area contributed by atoms with E-state index in [1.165, 1.54) is 22.6 Å². The molecule has 2 heterocycles. The fraction of sp³-hybridized carbons (Fsp3) is 0.429. The molecule has 2 aromatic rings. The van der Waals surface area contributed by atoms with E-state index in [4.69, 9.17) is 9.73 Å². The number of hydrogen-bond donors (Lipinski definition) is 1. The van der Waals surface area contributed by atoms with Crippen molar-refractivity contribution in [1.82, 2.24) is 0 Å². The molecule has 0 spiro atoms. The number of allylic oxidation sites excluding steroid dienone is 5. The van der Waals surface area contributed by atoms with Crippen molar-refractivity contribution >= 4 is 22.3 Å². The molecule has 0 fully saturated rings. The third-order valence-corrected chi connectivity index (χ3v) is 8.23. The van der Waals surface area contributed by atoms with Gasteiger partial charge in [0.25, 0.3) is 0 Å². The zero-order valence-electron chi connectivity index (χ0n) is 24.5. The Kier molecular flexibility index (Phi) is 11.3. The Hall–Kier alpha value is -2.75. The first-order chi connectivity index (χ1) is 18.8. The van der Waals surface area contributed by atoms with Crippen LogP contribution in [0.2, 0.25) is 0 Å². The fourth-order valence-corrected chi connectivity index (χ4v) is 5.62. The van der Waals surface area contributed by atoms with Crippen LogP contribution in [0.3, 0.4) is 0 Å². The molecule has 2 atom stereocenters. The second-order valence-electron chi connectivity index (χ2n) is 10.9. The van der Waals surface area contributed by atoms with E-state index >= 15 is 0 Å². The van der Waals surface area contributed by atoms with E-state index in [-0.39, 0.29) is 55.5 Å². The zero-order valence-corrected chi connectivity index (χ0v) is 26.9. The molecule has 0 bridgehead atoms. The van der Waals surface area contributed by atoms with Crippen molar-refractivity contribution < 1.29 is 34.7 Å². The summed E-state index contributed by atoms with van der Waals surface area (Å²) in [5.74, 6) is 2.22. The van der Waals surface area contributed by atoms with E-state index in [0.717, 1.165) is 48.1 Å². The Labute approximate surface area is 253 Å². The molecule has 2 unspecified atom stereocenters. The molecule has 0 saturated carbocycles. The molecule has 0 aromatic heterocycles. The van der Waals surface area contributed by atoms with Crippen LogP contribution in [0.1, 0.15) is 72.8 Å². The van der Waals surface area contributed by atoms with Crippen LogP contribution in [0.4, 0.5) is 0 Å². The number of ketones is 1. The second kappa shape index (κ2) is 14.2. The number of benzene rings is 2. The third kappa shape index (κ3) is 6.58. The SMILES string of the molecule is CC(C)C1=CC2C(=CN=C3c4[c-]ccc5cccc(c45)OC32)C=C1.CCC(CC)C(=O)/C=C(\O)C(CC)CC.[Ir]. The molecule has 1 aliphatic carbocycles. The van der Waals surface area contributed by atoms with Crippen LogP contribution in [0.25, 0.3) is 10.8 Å². The fourth-order valence-electron chi connectivity index (χ4n) is 5.62. The van der Waals surface area contributed by atoms with Gasteiger partial charge in [-0.3, -0.25) is 4.79 Å². The van der Waals surface area contributed by atoms with E-state index < -0.39 is 0 Å². The molecule has 2 aromatic carbocycles. The molecular formula is C35H42IrNO3-. The molecule has 5 rings (SSSR count). The number of carbonyl (C=O) groups is 1. The van der Waals surface area contributed by atoms with Crippen LogP contribution in [-0.4, -0.2) is 22.7 Å². The van der Waals surface area contributed by atoms with Gasteiger partial charge in [-0.1, -0.05) is 82.7 Å². The van der Waals surface area contributed by atoms with Gasteiger partial charge in [-0.25, -0.2) is 0 Å². The van der Waals surface area contributed by atoms with Crippen molar-refractivity contribution in [3.63, 3.8) is 0 Å². The first kappa shape index (κ1) is 31.8. The minimum Gasteiger partial charge on any atom is -0.512 e. The van der Waals surface area contributed by atoms with Crippen LogP contribution in [-0.2, 0) is 24.9 Å². The quantitative estimate of drug-likeness (QED) is 0.169. The van der Waals surface area contributed by atoms with Crippen LogP contribution in [0.5, 0.6) is 5.75 Å². The molecule has 1 N–H and O–H groups in total. The summed E-state index contributed by atoms with van der Waals surface area (Å²) in [5.41, 5.74) is 4.68. The second-order valence-corrected chi connectivity index (χ2v) is 10.9. The van der Waals surface area contributed by atoms with Gasteiger partial charge in [0.05, 0.1) is 11.5 Å². The molecule has 2 aliphatic heterocycles. The molecule has 1 radical (unpaired) electrons. The number of nitrogens with zero attached hydrogens (tertiary/aromatic N) is 1. The average molecular weight is 717 g/mol. The molecule has 4 nitrogen and oxygen atoms in total. The van der Waals surface area contributed by atoms with Crippen molar-refractivity contribution in [3.05, 3.63) is 89.4 Å². The van der Waals surface area contributed by atoms with E-state index in [2.05, 4.69) is 62.4 Å². The number of fused-ring (bicyclic) bond motifs is 4. The van der Waals surface area contributed by atoms with E-state index in [1.54, 1.807) is 0 Å². The maximum absolute atomic E-state index is 11.7. The summed E-state index contributed by atoms with van der Waals surface area (Å²) in [4.78, 5) is 16.5. The number of aliphatic imine (C=N–C) groups is 1. The van der Waals surface area contributed by atoms with Gasteiger partial charge in [-0.05, 0) is 48.8 Å². The number of rotatable bonds is 8. The molecular weight excluding hydrogens is 675 g/mol. The van der Waals surface area contributed by atoms with Crippen molar-refractivity contribution in [3.8, 4) is 5.75 Å². The topological polar surface area (TPSA) is 58.9 Å². The summed E-state index contributed by atoms with van der Waals surface area (Å²) in [6, 6.07) is 13.7. The summed E-state index contributed by atoms with van der Waals surface area (Å²) in [5, 5.41) is 12.1. The van der Waals surface area contributed by atoms with Crippen molar-refractivity contribution in [1.29, 1.82) is 0 Å². The number of aliphatic hydroxyl groups is 1. The Bertz CT molecular complexity index is 1350. The molecule has 0 saturated heterocycles. The van der Waals surface area contributed by atoms with Crippen molar-refractivity contribution in [2.75, 3.05) is 0 Å².